The Balaban J connectivity index is 2.40. The number of carbonyl (C=O) groups excluding carboxylic acids is 1. The molecule has 0 fully saturated rings. The highest BCUT2D eigenvalue weighted by Crippen LogP contribution is 2.30. The Morgan fingerprint density at radius 1 is 1.00 bits per heavy atom. The molecule has 2 N–H and O–H groups in total. The van der Waals surface area contributed by atoms with Gasteiger partial charge in [0.25, 0.3) is 15.9 Å². The van der Waals surface area contributed by atoms with E-state index in [-0.39, 0.29) is 16.7 Å². The van der Waals surface area contributed by atoms with Crippen LogP contribution in [0.4, 0.5) is 5.69 Å². The van der Waals surface area contributed by atoms with Gasteiger partial charge in [0.1, 0.15) is 0 Å². The van der Waals surface area contributed by atoms with Crippen LogP contribution in [-0.4, -0.2) is 20.9 Å². The van der Waals surface area contributed by atoms with Crippen molar-refractivity contribution >= 4 is 21.6 Å². The molecule has 5 nitrogen and oxygen atoms in total. The zero-order valence-corrected chi connectivity index (χ0v) is 18.3. The summed E-state index contributed by atoms with van der Waals surface area (Å²) in [5, 5.41) is 2.85. The van der Waals surface area contributed by atoms with E-state index in [2.05, 4.69) is 10.0 Å². The first-order valence-corrected chi connectivity index (χ1v) is 11.0. The van der Waals surface area contributed by atoms with Crippen molar-refractivity contribution in [1.29, 1.82) is 0 Å². The number of nitrogens with one attached hydrogen (secondary N) is 2. The van der Waals surface area contributed by atoms with E-state index >= 15 is 0 Å². The largest absolute Gasteiger partial charge is 0.352 e. The molecule has 2 aromatic rings. The Labute approximate surface area is 168 Å². The van der Waals surface area contributed by atoms with E-state index in [1.165, 1.54) is 12.1 Å². The molecule has 2 aromatic carbocycles. The van der Waals surface area contributed by atoms with Crippen molar-refractivity contribution in [3.05, 3.63) is 58.7 Å². The van der Waals surface area contributed by atoms with Crippen LogP contribution in [0.15, 0.2) is 41.3 Å². The predicted molar refractivity (Wildman–Crippen MR) is 114 cm³/mol. The van der Waals surface area contributed by atoms with Crippen molar-refractivity contribution in [2.45, 2.75) is 52.4 Å². The van der Waals surface area contributed by atoms with Gasteiger partial charge < -0.3 is 5.32 Å². The van der Waals surface area contributed by atoms with Crippen molar-refractivity contribution in [2.75, 3.05) is 11.3 Å². The number of hydrogen-bond donors (Lipinski definition) is 2. The standard InChI is InChI=1S/C22H30N2O3S/c1-14(2)13-23-22(25)20-12-18(11-10-16(20)5)28(26,27)24-21-17(6)8-7-9-19(21)15(3)4/h7-12,14-15,24H,13H2,1-6H3,(H,23,25). The number of rotatable bonds is 7. The van der Waals surface area contributed by atoms with Crippen LogP contribution in [0.5, 0.6) is 0 Å². The molecule has 2 rings (SSSR count). The minimum absolute atomic E-state index is 0.0748. The number of hydrogen-bond acceptors (Lipinski definition) is 3. The fourth-order valence-electron chi connectivity index (χ4n) is 2.91. The number of aryl methyl sites for hydroxylation is 2. The summed E-state index contributed by atoms with van der Waals surface area (Å²) in [6.45, 7) is 12.3. The monoisotopic (exact) mass is 402 g/mol. The molecule has 0 bridgehead atoms. The molecule has 0 unspecified atom stereocenters. The maximum atomic E-state index is 13.0. The first-order valence-electron chi connectivity index (χ1n) is 9.54. The van der Waals surface area contributed by atoms with Gasteiger partial charge in [-0.25, -0.2) is 8.42 Å². The van der Waals surface area contributed by atoms with Crippen LogP contribution < -0.4 is 10.0 Å². The van der Waals surface area contributed by atoms with Crippen LogP contribution in [-0.2, 0) is 10.0 Å². The van der Waals surface area contributed by atoms with Gasteiger partial charge in [-0.2, -0.15) is 0 Å². The zero-order chi connectivity index (χ0) is 21.1. The van der Waals surface area contributed by atoms with Gasteiger partial charge in [-0.1, -0.05) is 52.0 Å². The smallest absolute Gasteiger partial charge is 0.261 e. The van der Waals surface area contributed by atoms with Crippen LogP contribution in [0, 0.1) is 19.8 Å². The fourth-order valence-corrected chi connectivity index (χ4v) is 4.09. The van der Waals surface area contributed by atoms with Crippen molar-refractivity contribution in [3.63, 3.8) is 0 Å². The third-order valence-corrected chi connectivity index (χ3v) is 5.95. The van der Waals surface area contributed by atoms with Crippen LogP contribution in [0.1, 0.15) is 60.7 Å². The first-order chi connectivity index (χ1) is 13.0. The summed E-state index contributed by atoms with van der Waals surface area (Å²) in [7, 11) is -3.83. The summed E-state index contributed by atoms with van der Waals surface area (Å²) >= 11 is 0. The molecule has 0 aliphatic heterocycles. The maximum absolute atomic E-state index is 13.0. The number of carbonyl (C=O) groups is 1. The molecule has 1 amide bonds. The van der Waals surface area contributed by atoms with Gasteiger partial charge in [0.15, 0.2) is 0 Å². The maximum Gasteiger partial charge on any atom is 0.261 e. The van der Waals surface area contributed by atoms with E-state index in [0.29, 0.717) is 23.7 Å². The van der Waals surface area contributed by atoms with Crippen LogP contribution in [0.25, 0.3) is 0 Å². The average Bonchev–Trinajstić information content (AvgIpc) is 2.61. The summed E-state index contributed by atoms with van der Waals surface area (Å²) < 4.78 is 28.8. The van der Waals surface area contributed by atoms with Gasteiger partial charge in [0, 0.05) is 12.1 Å². The van der Waals surface area contributed by atoms with Gasteiger partial charge in [0.2, 0.25) is 0 Å². The Kier molecular flexibility index (Phi) is 6.88. The summed E-state index contributed by atoms with van der Waals surface area (Å²) in [5.41, 5.74) is 3.50. The molecule has 0 aromatic heterocycles. The Morgan fingerprint density at radius 2 is 1.68 bits per heavy atom. The minimum atomic E-state index is -3.83. The average molecular weight is 403 g/mol. The molecule has 0 atom stereocenters. The lowest BCUT2D eigenvalue weighted by Crippen LogP contribution is -2.28. The Bertz CT molecular complexity index is 964. The Morgan fingerprint density at radius 3 is 2.29 bits per heavy atom. The molecular weight excluding hydrogens is 372 g/mol. The summed E-state index contributed by atoms with van der Waals surface area (Å²) in [6, 6.07) is 10.4. The SMILES string of the molecule is Cc1ccc(S(=O)(=O)Nc2c(C)cccc2C(C)C)cc1C(=O)NCC(C)C. The van der Waals surface area contributed by atoms with Crippen molar-refractivity contribution < 1.29 is 13.2 Å². The molecule has 6 heteroatoms. The molecule has 0 saturated carbocycles. The number of anilines is 1. The van der Waals surface area contributed by atoms with Gasteiger partial charge in [-0.05, 0) is 54.5 Å². The third-order valence-electron chi connectivity index (χ3n) is 4.60. The van der Waals surface area contributed by atoms with E-state index in [9.17, 15) is 13.2 Å². The quantitative estimate of drug-likeness (QED) is 0.710. The molecule has 0 radical (unpaired) electrons. The lowest BCUT2D eigenvalue weighted by atomic mass is 9.99. The highest BCUT2D eigenvalue weighted by molar-refractivity contribution is 7.92. The first kappa shape index (κ1) is 22.0. The second-order valence-electron chi connectivity index (χ2n) is 7.88. The molecule has 0 spiro atoms. The van der Waals surface area contributed by atoms with Gasteiger partial charge in [-0.15, -0.1) is 0 Å². The molecular formula is C22H30N2O3S. The number of amides is 1. The second kappa shape index (κ2) is 8.78. The Hall–Kier alpha value is -2.34. The van der Waals surface area contributed by atoms with Crippen molar-refractivity contribution in [1.82, 2.24) is 5.32 Å². The molecule has 0 aliphatic carbocycles. The van der Waals surface area contributed by atoms with E-state index in [4.69, 9.17) is 0 Å². The molecule has 28 heavy (non-hydrogen) atoms. The summed E-state index contributed by atoms with van der Waals surface area (Å²) in [5.74, 6) is 0.225. The fraction of sp³-hybridized carbons (Fsp3) is 0.409. The summed E-state index contributed by atoms with van der Waals surface area (Å²) in [6.07, 6.45) is 0. The van der Waals surface area contributed by atoms with Gasteiger partial charge >= 0.3 is 0 Å². The van der Waals surface area contributed by atoms with E-state index < -0.39 is 10.0 Å². The van der Waals surface area contributed by atoms with Crippen LogP contribution in [0.3, 0.4) is 0 Å². The molecule has 0 saturated heterocycles. The highest BCUT2D eigenvalue weighted by Gasteiger charge is 2.21. The van der Waals surface area contributed by atoms with E-state index in [0.717, 1.165) is 16.7 Å². The highest BCUT2D eigenvalue weighted by atomic mass is 32.2. The van der Waals surface area contributed by atoms with Crippen molar-refractivity contribution in [2.24, 2.45) is 5.92 Å². The van der Waals surface area contributed by atoms with Crippen LogP contribution in [0.2, 0.25) is 0 Å². The number of benzene rings is 2. The zero-order valence-electron chi connectivity index (χ0n) is 17.5. The molecule has 152 valence electrons. The van der Waals surface area contributed by atoms with Gasteiger partial charge in [-0.3, -0.25) is 9.52 Å². The number of sulfonamides is 1. The second-order valence-corrected chi connectivity index (χ2v) is 9.56. The van der Waals surface area contributed by atoms with E-state index in [1.54, 1.807) is 13.0 Å². The molecule has 0 aliphatic rings. The lowest BCUT2D eigenvalue weighted by molar-refractivity contribution is 0.0948. The third kappa shape index (κ3) is 5.13. The summed E-state index contributed by atoms with van der Waals surface area (Å²) in [4.78, 5) is 12.6. The van der Waals surface area contributed by atoms with Crippen molar-refractivity contribution in [3.8, 4) is 0 Å². The van der Waals surface area contributed by atoms with E-state index in [1.807, 2.05) is 52.8 Å². The topological polar surface area (TPSA) is 75.3 Å². The normalized spacial score (nSPS) is 11.7. The minimum Gasteiger partial charge on any atom is -0.352 e. The van der Waals surface area contributed by atoms with Crippen LogP contribution >= 0.6 is 0 Å². The predicted octanol–water partition coefficient (Wildman–Crippen LogP) is 4.61. The number of para-hydroxylation sites is 1. The molecule has 0 heterocycles. The van der Waals surface area contributed by atoms with Gasteiger partial charge in [0.05, 0.1) is 10.6 Å². The lowest BCUT2D eigenvalue weighted by Gasteiger charge is -2.18.